The van der Waals surface area contributed by atoms with Gasteiger partial charge in [0.25, 0.3) is 0 Å². The first kappa shape index (κ1) is 10.9. The zero-order chi connectivity index (χ0) is 11.0. The average Bonchev–Trinajstić information content (AvgIpc) is 2.60. The zero-order valence-corrected chi connectivity index (χ0v) is 10.9. The van der Waals surface area contributed by atoms with Crippen LogP contribution in [0.3, 0.4) is 0 Å². The molecule has 1 aliphatic carbocycles. The van der Waals surface area contributed by atoms with Crippen LogP contribution in [0, 0.1) is 16.5 Å². The summed E-state index contributed by atoms with van der Waals surface area (Å²) in [6.07, 6.45) is 1.57. The Kier molecular flexibility index (Phi) is 2.95. The molecule has 1 aromatic heterocycles. The van der Waals surface area contributed by atoms with E-state index in [2.05, 4.69) is 33.6 Å². The Hall–Kier alpha value is -0.650. The Morgan fingerprint density at radius 1 is 1.60 bits per heavy atom. The van der Waals surface area contributed by atoms with Gasteiger partial charge in [0.15, 0.2) is 0 Å². The first-order chi connectivity index (χ1) is 7.11. The number of nitrogens with zero attached hydrogens (tertiary/aromatic N) is 1. The van der Waals surface area contributed by atoms with Gasteiger partial charge >= 0.3 is 5.97 Å². The van der Waals surface area contributed by atoms with E-state index in [9.17, 15) is 4.79 Å². The van der Waals surface area contributed by atoms with E-state index in [1.54, 1.807) is 0 Å². The minimum atomic E-state index is -0.111. The molecule has 0 radical (unpaired) electrons. The van der Waals surface area contributed by atoms with E-state index in [4.69, 9.17) is 4.74 Å². The quantitative estimate of drug-likeness (QED) is 0.451. The number of carbonyl (C=O) groups excluding carboxylic acids is 1. The second-order valence-electron chi connectivity index (χ2n) is 3.80. The van der Waals surface area contributed by atoms with Crippen molar-refractivity contribution in [1.29, 1.82) is 0 Å². The van der Waals surface area contributed by atoms with Gasteiger partial charge in [-0.05, 0) is 59.5 Å². The Morgan fingerprint density at radius 2 is 2.33 bits per heavy atom. The summed E-state index contributed by atoms with van der Waals surface area (Å²) < 4.78 is 5.77. The van der Waals surface area contributed by atoms with Crippen LogP contribution in [0.4, 0.5) is 0 Å². The van der Waals surface area contributed by atoms with Crippen LogP contribution in [0.5, 0.6) is 0 Å². The van der Waals surface area contributed by atoms with Crippen LogP contribution in [0.2, 0.25) is 0 Å². The van der Waals surface area contributed by atoms with Crippen LogP contribution in [0.15, 0.2) is 6.07 Å². The molecule has 3 nitrogen and oxygen atoms in total. The predicted molar refractivity (Wildman–Crippen MR) is 64.6 cm³/mol. The molecule has 1 heterocycles. The number of aryl methyl sites for hydroxylation is 1. The maximum absolute atomic E-state index is 11.4. The van der Waals surface area contributed by atoms with Crippen molar-refractivity contribution in [2.75, 3.05) is 7.11 Å². The van der Waals surface area contributed by atoms with Gasteiger partial charge in [0.2, 0.25) is 0 Å². The second kappa shape index (κ2) is 4.08. The average molecular weight is 317 g/mol. The molecule has 4 heteroatoms. The van der Waals surface area contributed by atoms with E-state index in [0.29, 0.717) is 0 Å². The molecule has 0 N–H and O–H groups in total. The summed E-state index contributed by atoms with van der Waals surface area (Å²) in [6, 6.07) is 2.06. The number of hydrogen-bond acceptors (Lipinski definition) is 3. The predicted octanol–water partition coefficient (Wildman–Crippen LogP) is 1.88. The summed E-state index contributed by atoms with van der Waals surface area (Å²) in [5.74, 6) is -0.121. The third-order valence-electron chi connectivity index (χ3n) is 2.84. The molecule has 0 saturated heterocycles. The molecule has 0 aromatic carbocycles. The topological polar surface area (TPSA) is 39.2 Å². The molecule has 1 unspecified atom stereocenters. The lowest BCUT2D eigenvalue weighted by atomic mass is 10.1. The van der Waals surface area contributed by atoms with Gasteiger partial charge in [-0.25, -0.2) is 4.98 Å². The molecule has 0 aliphatic heterocycles. The van der Waals surface area contributed by atoms with Crippen LogP contribution in [-0.2, 0) is 22.4 Å². The van der Waals surface area contributed by atoms with E-state index in [1.807, 2.05) is 6.92 Å². The monoisotopic (exact) mass is 317 g/mol. The van der Waals surface area contributed by atoms with Crippen LogP contribution < -0.4 is 0 Å². The van der Waals surface area contributed by atoms with Gasteiger partial charge in [-0.1, -0.05) is 0 Å². The molecule has 80 valence electrons. The molecule has 0 bridgehead atoms. The van der Waals surface area contributed by atoms with Crippen molar-refractivity contribution in [2.24, 2.45) is 5.92 Å². The smallest absolute Gasteiger partial charge is 0.309 e. The summed E-state index contributed by atoms with van der Waals surface area (Å²) in [5.41, 5.74) is 3.52. The van der Waals surface area contributed by atoms with Gasteiger partial charge in [0.1, 0.15) is 3.70 Å². The first-order valence-corrected chi connectivity index (χ1v) is 5.92. The lowest BCUT2D eigenvalue weighted by Crippen LogP contribution is -2.16. The fraction of sp³-hybridized carbons (Fsp3) is 0.455. The van der Waals surface area contributed by atoms with Gasteiger partial charge in [0.05, 0.1) is 13.0 Å². The Bertz CT molecular complexity index is 417. The number of ether oxygens (including phenoxy) is 1. The van der Waals surface area contributed by atoms with Crippen molar-refractivity contribution < 1.29 is 9.53 Å². The van der Waals surface area contributed by atoms with Crippen molar-refractivity contribution in [1.82, 2.24) is 4.98 Å². The maximum atomic E-state index is 11.4. The van der Waals surface area contributed by atoms with Crippen molar-refractivity contribution in [3.8, 4) is 0 Å². The van der Waals surface area contributed by atoms with Crippen LogP contribution in [-0.4, -0.2) is 18.1 Å². The number of halogens is 1. The number of pyridine rings is 1. The van der Waals surface area contributed by atoms with Crippen LogP contribution in [0.25, 0.3) is 0 Å². The highest BCUT2D eigenvalue weighted by atomic mass is 127. The number of fused-ring (bicyclic) bond motifs is 1. The van der Waals surface area contributed by atoms with E-state index < -0.39 is 0 Å². The molecular formula is C11H12INO2. The number of esters is 1. The molecule has 0 spiro atoms. The highest BCUT2D eigenvalue weighted by molar-refractivity contribution is 14.1. The Morgan fingerprint density at radius 3 is 3.00 bits per heavy atom. The van der Waals surface area contributed by atoms with E-state index in [0.717, 1.165) is 22.2 Å². The lowest BCUT2D eigenvalue weighted by Gasteiger charge is -2.04. The molecule has 0 fully saturated rings. The zero-order valence-electron chi connectivity index (χ0n) is 8.71. The van der Waals surface area contributed by atoms with Crippen molar-refractivity contribution in [3.05, 3.63) is 26.6 Å². The number of carbonyl (C=O) groups is 1. The van der Waals surface area contributed by atoms with Crippen LogP contribution >= 0.6 is 22.6 Å². The summed E-state index contributed by atoms with van der Waals surface area (Å²) in [7, 11) is 1.44. The molecule has 0 saturated carbocycles. The van der Waals surface area contributed by atoms with E-state index in [1.165, 1.54) is 18.2 Å². The molecular weight excluding hydrogens is 305 g/mol. The second-order valence-corrected chi connectivity index (χ2v) is 4.90. The van der Waals surface area contributed by atoms with Gasteiger partial charge in [-0.2, -0.15) is 0 Å². The minimum Gasteiger partial charge on any atom is -0.469 e. The fourth-order valence-electron chi connectivity index (χ4n) is 2.10. The number of hydrogen-bond donors (Lipinski definition) is 0. The van der Waals surface area contributed by atoms with Gasteiger partial charge in [0, 0.05) is 5.69 Å². The molecule has 15 heavy (non-hydrogen) atoms. The van der Waals surface area contributed by atoms with Gasteiger partial charge in [-0.15, -0.1) is 0 Å². The van der Waals surface area contributed by atoms with Crippen molar-refractivity contribution in [2.45, 2.75) is 19.8 Å². The summed E-state index contributed by atoms with van der Waals surface area (Å²) in [5, 5.41) is 0. The van der Waals surface area contributed by atoms with Gasteiger partial charge in [-0.3, -0.25) is 4.79 Å². The van der Waals surface area contributed by atoms with Crippen LogP contribution in [0.1, 0.15) is 16.8 Å². The standard InChI is InChI=1S/C11H12INO2/c1-6-9-4-8(11(14)15-2)3-7(9)5-10(12)13-6/h5,8H,3-4H2,1-2H3. The normalized spacial score (nSPS) is 18.7. The maximum Gasteiger partial charge on any atom is 0.309 e. The third kappa shape index (κ3) is 2.00. The molecule has 0 amide bonds. The number of aromatic nitrogens is 1. The number of methoxy groups -OCH3 is 1. The van der Waals surface area contributed by atoms with E-state index >= 15 is 0 Å². The highest BCUT2D eigenvalue weighted by Gasteiger charge is 2.29. The Balaban J connectivity index is 2.31. The molecule has 1 aromatic rings. The Labute approximate surface area is 102 Å². The first-order valence-electron chi connectivity index (χ1n) is 4.84. The summed E-state index contributed by atoms with van der Waals surface area (Å²) >= 11 is 2.21. The van der Waals surface area contributed by atoms with Crippen molar-refractivity contribution >= 4 is 28.6 Å². The SMILES string of the molecule is COC(=O)C1Cc2cc(I)nc(C)c2C1. The minimum absolute atomic E-state index is 0.0105. The van der Waals surface area contributed by atoms with E-state index in [-0.39, 0.29) is 11.9 Å². The summed E-state index contributed by atoms with van der Waals surface area (Å²) in [6.45, 7) is 2.00. The number of rotatable bonds is 1. The molecule has 2 rings (SSSR count). The summed E-state index contributed by atoms with van der Waals surface area (Å²) in [4.78, 5) is 15.8. The third-order valence-corrected chi connectivity index (χ3v) is 3.40. The highest BCUT2D eigenvalue weighted by Crippen LogP contribution is 2.30. The molecule has 1 aliphatic rings. The largest absolute Gasteiger partial charge is 0.469 e. The van der Waals surface area contributed by atoms with Gasteiger partial charge < -0.3 is 4.74 Å². The lowest BCUT2D eigenvalue weighted by molar-refractivity contribution is -0.145. The molecule has 1 atom stereocenters. The van der Waals surface area contributed by atoms with Crippen molar-refractivity contribution in [3.63, 3.8) is 0 Å². The fourth-order valence-corrected chi connectivity index (χ4v) is 2.84.